The SMILES string of the molecule is CCNC(=O)[C@@H](Cc1ccccc1)N(Cc1ccccc1F)C(=O)CCSc1ccccc1. The van der Waals surface area contributed by atoms with E-state index >= 15 is 0 Å². The summed E-state index contributed by atoms with van der Waals surface area (Å²) in [6.45, 7) is 2.34. The highest BCUT2D eigenvalue weighted by Crippen LogP contribution is 2.21. The van der Waals surface area contributed by atoms with Gasteiger partial charge in [0.05, 0.1) is 0 Å². The molecule has 172 valence electrons. The zero-order valence-corrected chi connectivity index (χ0v) is 19.6. The summed E-state index contributed by atoms with van der Waals surface area (Å²) in [5.74, 6) is -0.219. The first-order chi connectivity index (χ1) is 16.1. The first kappa shape index (κ1) is 24.5. The number of likely N-dealkylation sites (N-methyl/N-ethyl adjacent to an activating group) is 1. The van der Waals surface area contributed by atoms with Gasteiger partial charge < -0.3 is 10.2 Å². The van der Waals surface area contributed by atoms with Gasteiger partial charge in [0, 0.05) is 42.1 Å². The molecule has 2 amide bonds. The Kier molecular flexibility index (Phi) is 9.51. The first-order valence-electron chi connectivity index (χ1n) is 11.1. The van der Waals surface area contributed by atoms with E-state index in [0.29, 0.717) is 24.3 Å². The standard InChI is InChI=1S/C27H29FN2O2S/c1-2-29-27(32)25(19-21-11-5-3-6-12-21)30(20-22-13-9-10-16-24(22)28)26(31)17-18-33-23-14-7-4-8-15-23/h3-16,25H,2,17-20H2,1H3,(H,29,32)/t25-/m1/s1. The smallest absolute Gasteiger partial charge is 0.243 e. The van der Waals surface area contributed by atoms with Crippen LogP contribution in [0.2, 0.25) is 0 Å². The number of hydrogen-bond acceptors (Lipinski definition) is 3. The van der Waals surface area contributed by atoms with Crippen molar-refractivity contribution in [1.29, 1.82) is 0 Å². The second-order valence-electron chi connectivity index (χ2n) is 7.62. The molecule has 0 radical (unpaired) electrons. The maximum absolute atomic E-state index is 14.5. The van der Waals surface area contributed by atoms with Crippen LogP contribution >= 0.6 is 11.8 Å². The Morgan fingerprint density at radius 1 is 0.939 bits per heavy atom. The van der Waals surface area contributed by atoms with Crippen LogP contribution in [-0.2, 0) is 22.6 Å². The number of thioether (sulfide) groups is 1. The molecule has 0 saturated carbocycles. The number of amides is 2. The summed E-state index contributed by atoms with van der Waals surface area (Å²) in [5.41, 5.74) is 1.34. The van der Waals surface area contributed by atoms with Crippen LogP contribution in [0, 0.1) is 5.82 Å². The fraction of sp³-hybridized carbons (Fsp3) is 0.259. The quantitative estimate of drug-likeness (QED) is 0.403. The molecule has 3 rings (SSSR count). The first-order valence-corrected chi connectivity index (χ1v) is 12.1. The second-order valence-corrected chi connectivity index (χ2v) is 8.79. The van der Waals surface area contributed by atoms with Crippen LogP contribution in [0.15, 0.2) is 89.8 Å². The third kappa shape index (κ3) is 7.46. The molecule has 0 aromatic heterocycles. The molecule has 0 fully saturated rings. The average Bonchev–Trinajstić information content (AvgIpc) is 2.84. The summed E-state index contributed by atoms with van der Waals surface area (Å²) in [6.07, 6.45) is 0.609. The molecule has 0 aliphatic carbocycles. The van der Waals surface area contributed by atoms with Crippen LogP contribution in [0.3, 0.4) is 0 Å². The van der Waals surface area contributed by atoms with E-state index in [9.17, 15) is 14.0 Å². The summed E-state index contributed by atoms with van der Waals surface area (Å²) < 4.78 is 14.5. The lowest BCUT2D eigenvalue weighted by atomic mass is 10.0. The van der Waals surface area contributed by atoms with E-state index in [1.165, 1.54) is 11.0 Å². The highest BCUT2D eigenvalue weighted by molar-refractivity contribution is 7.99. The lowest BCUT2D eigenvalue weighted by Gasteiger charge is -2.31. The topological polar surface area (TPSA) is 49.4 Å². The molecule has 33 heavy (non-hydrogen) atoms. The third-order valence-corrected chi connectivity index (χ3v) is 6.26. The third-order valence-electron chi connectivity index (χ3n) is 5.25. The molecule has 0 unspecified atom stereocenters. The minimum absolute atomic E-state index is 0.0378. The van der Waals surface area contributed by atoms with Crippen LogP contribution in [0.1, 0.15) is 24.5 Å². The molecule has 3 aromatic rings. The van der Waals surface area contributed by atoms with Gasteiger partial charge in [-0.3, -0.25) is 9.59 Å². The van der Waals surface area contributed by atoms with Crippen molar-refractivity contribution in [2.24, 2.45) is 0 Å². The molecule has 1 atom stereocenters. The molecule has 3 aromatic carbocycles. The van der Waals surface area contributed by atoms with Crippen LogP contribution in [0.5, 0.6) is 0 Å². The number of nitrogens with one attached hydrogen (secondary N) is 1. The fourth-order valence-electron chi connectivity index (χ4n) is 3.57. The van der Waals surface area contributed by atoms with Crippen molar-refractivity contribution in [3.05, 3.63) is 102 Å². The number of rotatable bonds is 11. The molecule has 0 aliphatic rings. The van der Waals surface area contributed by atoms with Crippen LogP contribution < -0.4 is 5.32 Å². The van der Waals surface area contributed by atoms with Crippen molar-refractivity contribution in [3.8, 4) is 0 Å². The predicted molar refractivity (Wildman–Crippen MR) is 131 cm³/mol. The zero-order chi connectivity index (χ0) is 23.5. The zero-order valence-electron chi connectivity index (χ0n) is 18.7. The number of benzene rings is 3. The van der Waals surface area contributed by atoms with Gasteiger partial charge in [0.1, 0.15) is 11.9 Å². The molecule has 0 heterocycles. The number of hydrogen-bond donors (Lipinski definition) is 1. The van der Waals surface area contributed by atoms with Crippen LogP contribution in [0.25, 0.3) is 0 Å². The van der Waals surface area contributed by atoms with E-state index in [1.807, 2.05) is 67.6 Å². The molecular formula is C27H29FN2O2S. The molecule has 0 saturated heterocycles. The lowest BCUT2D eigenvalue weighted by Crippen LogP contribution is -2.50. The summed E-state index contributed by atoms with van der Waals surface area (Å²) in [4.78, 5) is 29.1. The van der Waals surface area contributed by atoms with E-state index in [1.54, 1.807) is 30.0 Å². The van der Waals surface area contributed by atoms with Crippen LogP contribution in [-0.4, -0.2) is 35.1 Å². The van der Waals surface area contributed by atoms with Gasteiger partial charge in [0.25, 0.3) is 0 Å². The van der Waals surface area contributed by atoms with Gasteiger partial charge >= 0.3 is 0 Å². The molecule has 4 nitrogen and oxygen atoms in total. The highest BCUT2D eigenvalue weighted by atomic mass is 32.2. The number of carbonyl (C=O) groups is 2. The Labute approximate surface area is 199 Å². The molecule has 0 spiro atoms. The predicted octanol–water partition coefficient (Wildman–Crippen LogP) is 5.08. The monoisotopic (exact) mass is 464 g/mol. The fourth-order valence-corrected chi connectivity index (χ4v) is 4.43. The Balaban J connectivity index is 1.84. The van der Waals surface area contributed by atoms with E-state index in [4.69, 9.17) is 0 Å². The Morgan fingerprint density at radius 2 is 1.58 bits per heavy atom. The van der Waals surface area contributed by atoms with Gasteiger partial charge in [-0.05, 0) is 30.7 Å². The Hall–Kier alpha value is -3.12. The minimum atomic E-state index is -0.735. The molecule has 1 N–H and O–H groups in total. The van der Waals surface area contributed by atoms with Crippen molar-refractivity contribution >= 4 is 23.6 Å². The molecule has 0 aliphatic heterocycles. The molecular weight excluding hydrogens is 435 g/mol. The van der Waals surface area contributed by atoms with Gasteiger partial charge in [0.15, 0.2) is 0 Å². The van der Waals surface area contributed by atoms with E-state index in [0.717, 1.165) is 10.5 Å². The normalized spacial score (nSPS) is 11.6. The van der Waals surface area contributed by atoms with Gasteiger partial charge in [-0.2, -0.15) is 0 Å². The van der Waals surface area contributed by atoms with E-state index < -0.39 is 6.04 Å². The Bertz CT molecular complexity index is 1030. The maximum atomic E-state index is 14.5. The highest BCUT2D eigenvalue weighted by Gasteiger charge is 2.30. The summed E-state index contributed by atoms with van der Waals surface area (Å²) in [6, 6.07) is 25.1. The van der Waals surface area contributed by atoms with E-state index in [2.05, 4.69) is 5.32 Å². The maximum Gasteiger partial charge on any atom is 0.243 e. The Morgan fingerprint density at radius 3 is 2.24 bits per heavy atom. The van der Waals surface area contributed by atoms with Gasteiger partial charge in [-0.25, -0.2) is 4.39 Å². The second kappa shape index (κ2) is 12.8. The van der Waals surface area contributed by atoms with Gasteiger partial charge in [-0.1, -0.05) is 66.7 Å². The summed E-state index contributed by atoms with van der Waals surface area (Å²) >= 11 is 1.59. The van der Waals surface area contributed by atoms with Crippen molar-refractivity contribution in [1.82, 2.24) is 10.2 Å². The largest absolute Gasteiger partial charge is 0.355 e. The minimum Gasteiger partial charge on any atom is -0.355 e. The van der Waals surface area contributed by atoms with Crippen LogP contribution in [0.4, 0.5) is 4.39 Å². The van der Waals surface area contributed by atoms with Crippen molar-refractivity contribution in [3.63, 3.8) is 0 Å². The average molecular weight is 465 g/mol. The van der Waals surface area contributed by atoms with Gasteiger partial charge in [-0.15, -0.1) is 11.8 Å². The van der Waals surface area contributed by atoms with Gasteiger partial charge in [0.2, 0.25) is 11.8 Å². The van der Waals surface area contributed by atoms with E-state index in [-0.39, 0.29) is 30.6 Å². The molecule has 6 heteroatoms. The number of carbonyl (C=O) groups excluding carboxylic acids is 2. The summed E-state index contributed by atoms with van der Waals surface area (Å²) in [5, 5.41) is 2.85. The number of nitrogens with zero attached hydrogens (tertiary/aromatic N) is 1. The van der Waals surface area contributed by atoms with Crippen molar-refractivity contribution in [2.45, 2.75) is 37.2 Å². The summed E-state index contributed by atoms with van der Waals surface area (Å²) in [7, 11) is 0. The van der Waals surface area contributed by atoms with Crippen molar-refractivity contribution in [2.75, 3.05) is 12.3 Å². The number of halogens is 1. The van der Waals surface area contributed by atoms with Crippen molar-refractivity contribution < 1.29 is 14.0 Å². The molecule has 0 bridgehead atoms. The lowest BCUT2D eigenvalue weighted by molar-refractivity contribution is -0.141.